The third kappa shape index (κ3) is 3.22. The first-order valence-electron chi connectivity index (χ1n) is 6.91. The highest BCUT2D eigenvalue weighted by atomic mass is 16.5. The zero-order chi connectivity index (χ0) is 17.7. The summed E-state index contributed by atoms with van der Waals surface area (Å²) < 4.78 is 9.29. The first kappa shape index (κ1) is 17.1. The molecule has 0 unspecified atom stereocenters. The van der Waals surface area contributed by atoms with Crippen LogP contribution < -0.4 is 0 Å². The number of hydrogen-bond acceptors (Lipinski definition) is 6. The molecular weight excluding hydrogens is 312 g/mol. The van der Waals surface area contributed by atoms with Crippen molar-refractivity contribution in [1.82, 2.24) is 0 Å². The molecule has 122 valence electrons. The molecule has 0 amide bonds. The van der Waals surface area contributed by atoms with Crippen LogP contribution in [0.1, 0.15) is 41.4 Å². The van der Waals surface area contributed by atoms with Crippen LogP contribution in [0.4, 0.5) is 0 Å². The molecular formula is C18H14O6. The number of aldehydes is 2. The van der Waals surface area contributed by atoms with Gasteiger partial charge in [-0.15, -0.1) is 0 Å². The Bertz CT molecular complexity index is 822. The van der Waals surface area contributed by atoms with Crippen molar-refractivity contribution in [2.75, 3.05) is 14.2 Å². The molecule has 0 saturated carbocycles. The van der Waals surface area contributed by atoms with Gasteiger partial charge in [-0.2, -0.15) is 0 Å². The quantitative estimate of drug-likeness (QED) is 0.620. The van der Waals surface area contributed by atoms with Crippen LogP contribution in [0.25, 0.3) is 11.1 Å². The Morgan fingerprint density at radius 3 is 1.88 bits per heavy atom. The van der Waals surface area contributed by atoms with Crippen molar-refractivity contribution in [2.45, 2.75) is 0 Å². The first-order chi connectivity index (χ1) is 11.5. The van der Waals surface area contributed by atoms with E-state index in [2.05, 4.69) is 9.47 Å². The second-order valence-corrected chi connectivity index (χ2v) is 4.82. The van der Waals surface area contributed by atoms with E-state index in [0.717, 1.165) is 0 Å². The number of esters is 2. The van der Waals surface area contributed by atoms with Gasteiger partial charge < -0.3 is 9.47 Å². The lowest BCUT2D eigenvalue weighted by Crippen LogP contribution is -2.06. The minimum Gasteiger partial charge on any atom is -0.465 e. The van der Waals surface area contributed by atoms with Gasteiger partial charge in [0, 0.05) is 11.1 Å². The van der Waals surface area contributed by atoms with Gasteiger partial charge in [0.15, 0.2) is 12.6 Å². The van der Waals surface area contributed by atoms with Crippen LogP contribution in [0.2, 0.25) is 0 Å². The van der Waals surface area contributed by atoms with Gasteiger partial charge in [0.25, 0.3) is 0 Å². The van der Waals surface area contributed by atoms with Crippen LogP contribution in [-0.4, -0.2) is 38.7 Å². The zero-order valence-corrected chi connectivity index (χ0v) is 13.1. The minimum atomic E-state index is -0.638. The van der Waals surface area contributed by atoms with Crippen molar-refractivity contribution in [3.05, 3.63) is 58.7 Å². The Kier molecular flexibility index (Phi) is 5.21. The van der Waals surface area contributed by atoms with Crippen LogP contribution in [-0.2, 0) is 9.47 Å². The molecule has 0 atom stereocenters. The summed E-state index contributed by atoms with van der Waals surface area (Å²) in [5.74, 6) is -1.25. The van der Waals surface area contributed by atoms with Gasteiger partial charge in [-0.25, -0.2) is 9.59 Å². The van der Waals surface area contributed by atoms with Crippen molar-refractivity contribution in [3.8, 4) is 11.1 Å². The monoisotopic (exact) mass is 326 g/mol. The SMILES string of the molecule is COC(=O)c1ccc(-c2ccc(C=O)c(C(=O)OC)c2)cc1C=O. The molecule has 0 spiro atoms. The number of rotatable bonds is 5. The maximum absolute atomic E-state index is 11.8. The van der Waals surface area contributed by atoms with Crippen LogP contribution in [0.15, 0.2) is 36.4 Å². The second kappa shape index (κ2) is 7.32. The van der Waals surface area contributed by atoms with E-state index >= 15 is 0 Å². The lowest BCUT2D eigenvalue weighted by atomic mass is 9.96. The van der Waals surface area contributed by atoms with Crippen LogP contribution in [0.5, 0.6) is 0 Å². The highest BCUT2D eigenvalue weighted by Gasteiger charge is 2.15. The van der Waals surface area contributed by atoms with Crippen LogP contribution in [0.3, 0.4) is 0 Å². The number of carbonyl (C=O) groups excluding carboxylic acids is 4. The first-order valence-corrected chi connectivity index (χ1v) is 6.91. The summed E-state index contributed by atoms with van der Waals surface area (Å²) in [4.78, 5) is 45.7. The van der Waals surface area contributed by atoms with Crippen molar-refractivity contribution in [1.29, 1.82) is 0 Å². The summed E-state index contributed by atoms with van der Waals surface area (Å²) in [6.45, 7) is 0. The minimum absolute atomic E-state index is 0.120. The molecule has 0 N–H and O–H groups in total. The van der Waals surface area contributed by atoms with Gasteiger partial charge in [0.05, 0.1) is 25.3 Å². The predicted molar refractivity (Wildman–Crippen MR) is 85.3 cm³/mol. The normalized spacial score (nSPS) is 9.92. The standard InChI is InChI=1S/C18H14O6/c1-23-17(21)15-6-5-11(7-14(15)10-20)12-3-4-13(9-19)16(8-12)18(22)24-2/h3-10H,1-2H3. The van der Waals surface area contributed by atoms with E-state index in [1.165, 1.54) is 38.5 Å². The third-order valence-corrected chi connectivity index (χ3v) is 3.50. The number of ether oxygens (including phenoxy) is 2. The van der Waals surface area contributed by atoms with Gasteiger partial charge in [-0.1, -0.05) is 18.2 Å². The van der Waals surface area contributed by atoms with Gasteiger partial charge in [0.1, 0.15) is 0 Å². The lowest BCUT2D eigenvalue weighted by Gasteiger charge is -2.09. The lowest BCUT2D eigenvalue weighted by molar-refractivity contribution is 0.0590. The molecule has 6 nitrogen and oxygen atoms in total. The van der Waals surface area contributed by atoms with E-state index in [-0.39, 0.29) is 22.3 Å². The van der Waals surface area contributed by atoms with E-state index < -0.39 is 11.9 Å². The van der Waals surface area contributed by atoms with Gasteiger partial charge in [-0.05, 0) is 29.3 Å². The molecule has 0 aliphatic carbocycles. The van der Waals surface area contributed by atoms with Crippen molar-refractivity contribution in [3.63, 3.8) is 0 Å². The Labute approximate surface area is 138 Å². The molecule has 2 aromatic carbocycles. The molecule has 0 aliphatic heterocycles. The molecule has 0 saturated heterocycles. The molecule has 24 heavy (non-hydrogen) atoms. The maximum atomic E-state index is 11.8. The largest absolute Gasteiger partial charge is 0.465 e. The molecule has 6 heteroatoms. The van der Waals surface area contributed by atoms with Crippen molar-refractivity contribution in [2.24, 2.45) is 0 Å². The molecule has 0 aromatic heterocycles. The Balaban J connectivity index is 2.56. The second-order valence-electron chi connectivity index (χ2n) is 4.82. The smallest absolute Gasteiger partial charge is 0.338 e. The highest BCUT2D eigenvalue weighted by Crippen LogP contribution is 2.25. The predicted octanol–water partition coefficient (Wildman–Crippen LogP) is 2.55. The fourth-order valence-electron chi connectivity index (χ4n) is 2.26. The van der Waals surface area contributed by atoms with E-state index in [9.17, 15) is 19.2 Å². The summed E-state index contributed by atoms with van der Waals surface area (Å²) in [6.07, 6.45) is 1.12. The third-order valence-electron chi connectivity index (χ3n) is 3.50. The van der Waals surface area contributed by atoms with Crippen molar-refractivity contribution < 1.29 is 28.7 Å². The summed E-state index contributed by atoms with van der Waals surface area (Å²) in [5.41, 5.74) is 1.84. The van der Waals surface area contributed by atoms with E-state index in [1.807, 2.05) is 0 Å². The average Bonchev–Trinajstić information content (AvgIpc) is 2.65. The number of methoxy groups -OCH3 is 2. The summed E-state index contributed by atoms with van der Waals surface area (Å²) in [7, 11) is 2.45. The summed E-state index contributed by atoms with van der Waals surface area (Å²) in [6, 6.07) is 9.22. The van der Waals surface area contributed by atoms with E-state index in [1.54, 1.807) is 12.1 Å². The molecule has 0 radical (unpaired) electrons. The number of carbonyl (C=O) groups is 4. The van der Waals surface area contributed by atoms with Gasteiger partial charge in [-0.3, -0.25) is 9.59 Å². The van der Waals surface area contributed by atoms with Crippen LogP contribution in [0, 0.1) is 0 Å². The fraction of sp³-hybridized carbons (Fsp3) is 0.111. The Morgan fingerprint density at radius 2 is 1.29 bits per heavy atom. The zero-order valence-electron chi connectivity index (χ0n) is 13.1. The Hall–Kier alpha value is -3.28. The fourth-order valence-corrected chi connectivity index (χ4v) is 2.26. The number of benzene rings is 2. The molecule has 2 aromatic rings. The maximum Gasteiger partial charge on any atom is 0.338 e. The van der Waals surface area contributed by atoms with E-state index in [0.29, 0.717) is 23.7 Å². The topological polar surface area (TPSA) is 86.7 Å². The Morgan fingerprint density at radius 1 is 0.750 bits per heavy atom. The molecule has 0 aliphatic rings. The molecule has 0 bridgehead atoms. The summed E-state index contributed by atoms with van der Waals surface area (Å²) in [5, 5.41) is 0. The molecule has 0 fully saturated rings. The highest BCUT2D eigenvalue weighted by molar-refractivity contribution is 6.01. The van der Waals surface area contributed by atoms with Crippen LogP contribution >= 0.6 is 0 Å². The molecule has 2 rings (SSSR count). The number of hydrogen-bond donors (Lipinski definition) is 0. The summed E-state index contributed by atoms with van der Waals surface area (Å²) >= 11 is 0. The van der Waals surface area contributed by atoms with Gasteiger partial charge in [0.2, 0.25) is 0 Å². The average molecular weight is 326 g/mol. The van der Waals surface area contributed by atoms with Gasteiger partial charge >= 0.3 is 11.9 Å². The molecule has 0 heterocycles. The van der Waals surface area contributed by atoms with Crippen molar-refractivity contribution >= 4 is 24.5 Å². The van der Waals surface area contributed by atoms with E-state index in [4.69, 9.17) is 0 Å².